The van der Waals surface area contributed by atoms with Gasteiger partial charge in [-0.15, -0.1) is 0 Å². The lowest BCUT2D eigenvalue weighted by Gasteiger charge is -2.40. The van der Waals surface area contributed by atoms with Crippen molar-refractivity contribution in [2.75, 3.05) is 43.4 Å². The maximum absolute atomic E-state index is 13.7. The minimum absolute atomic E-state index is 0.0530. The van der Waals surface area contributed by atoms with E-state index in [0.29, 0.717) is 5.69 Å². The van der Waals surface area contributed by atoms with Crippen molar-refractivity contribution < 1.29 is 27.2 Å². The van der Waals surface area contributed by atoms with Gasteiger partial charge in [0.05, 0.1) is 31.2 Å². The maximum atomic E-state index is 13.7. The second kappa shape index (κ2) is 14.7. The first-order chi connectivity index (χ1) is 20.5. The molecule has 0 spiro atoms. The van der Waals surface area contributed by atoms with Crippen molar-refractivity contribution in [2.24, 2.45) is 0 Å². The second-order valence-electron chi connectivity index (χ2n) is 12.5. The van der Waals surface area contributed by atoms with Gasteiger partial charge in [0.2, 0.25) is 5.91 Å². The van der Waals surface area contributed by atoms with Crippen LogP contribution in [0.15, 0.2) is 42.5 Å². The van der Waals surface area contributed by atoms with Crippen LogP contribution in [0, 0.1) is 13.8 Å². The van der Waals surface area contributed by atoms with Gasteiger partial charge in [-0.25, -0.2) is 0 Å². The largest absolute Gasteiger partial charge is 0.416 e. The maximum Gasteiger partial charge on any atom is 0.416 e. The predicted molar refractivity (Wildman–Crippen MR) is 166 cm³/mol. The van der Waals surface area contributed by atoms with Gasteiger partial charge in [0.15, 0.2) is 6.04 Å². The van der Waals surface area contributed by atoms with Crippen LogP contribution < -0.4 is 10.6 Å². The first-order valence-electron chi connectivity index (χ1n) is 16.0. The van der Waals surface area contributed by atoms with E-state index in [1.165, 1.54) is 12.1 Å². The van der Waals surface area contributed by atoms with Crippen LogP contribution in [0.4, 0.5) is 24.5 Å². The van der Waals surface area contributed by atoms with Gasteiger partial charge in [0.25, 0.3) is 5.91 Å². The molecule has 2 aromatic rings. The van der Waals surface area contributed by atoms with Crippen LogP contribution in [-0.2, 0) is 15.8 Å². The van der Waals surface area contributed by atoms with E-state index in [4.69, 9.17) is 0 Å². The van der Waals surface area contributed by atoms with Crippen LogP contribution in [0.2, 0.25) is 0 Å². The summed E-state index contributed by atoms with van der Waals surface area (Å²) in [5.41, 5.74) is 2.74. The molecule has 2 aliphatic heterocycles. The number of halogens is 3. The third-order valence-electron chi connectivity index (χ3n) is 9.43. The van der Waals surface area contributed by atoms with Crippen molar-refractivity contribution in [3.63, 3.8) is 0 Å². The fourth-order valence-corrected chi connectivity index (χ4v) is 7.01. The van der Waals surface area contributed by atoms with E-state index in [1.807, 2.05) is 32.0 Å². The first kappa shape index (κ1) is 33.0. The van der Waals surface area contributed by atoms with Gasteiger partial charge in [0, 0.05) is 24.2 Å². The number of nitrogens with zero attached hydrogens (tertiary/aromatic N) is 2. The highest BCUT2D eigenvalue weighted by Gasteiger charge is 2.45. The zero-order valence-corrected chi connectivity index (χ0v) is 25.9. The van der Waals surface area contributed by atoms with Crippen LogP contribution in [0.25, 0.3) is 0 Å². The molecular weight excluding hydrogens is 553 g/mol. The molecule has 0 saturated carbocycles. The molecule has 2 aromatic carbocycles. The number of anilines is 2. The van der Waals surface area contributed by atoms with E-state index < -0.39 is 11.7 Å². The molecule has 43 heavy (non-hydrogen) atoms. The third-order valence-corrected chi connectivity index (χ3v) is 9.43. The van der Waals surface area contributed by atoms with Crippen LogP contribution in [-0.4, -0.2) is 66.0 Å². The molecule has 2 saturated heterocycles. The van der Waals surface area contributed by atoms with Crippen molar-refractivity contribution in [2.45, 2.75) is 96.8 Å². The Morgan fingerprint density at radius 2 is 1.58 bits per heavy atom. The first-order valence-corrected chi connectivity index (χ1v) is 16.0. The molecule has 9 heteroatoms. The molecule has 236 valence electrons. The summed E-state index contributed by atoms with van der Waals surface area (Å²) >= 11 is 0. The zero-order valence-electron chi connectivity index (χ0n) is 25.9. The fraction of sp³-hybridized carbons (Fsp3) is 0.588. The summed E-state index contributed by atoms with van der Waals surface area (Å²) in [6.07, 6.45) is 4.35. The SMILES string of the molecule is CCCC[N+]1(CCCCN2CCCCC2C(=O)Nc2ccc(C(F)(F)F)cc2)CCCC1C(=O)Nc1c(C)cccc1C. The highest BCUT2D eigenvalue weighted by Crippen LogP contribution is 2.32. The van der Waals surface area contributed by atoms with Gasteiger partial charge in [-0.05, 0) is 94.4 Å². The van der Waals surface area contributed by atoms with E-state index in [1.54, 1.807) is 0 Å². The Labute approximate surface area is 254 Å². The summed E-state index contributed by atoms with van der Waals surface area (Å²) in [6, 6.07) is 10.4. The molecule has 0 aliphatic carbocycles. The molecule has 6 nitrogen and oxygen atoms in total. The normalized spacial score (nSPS) is 22.8. The molecule has 2 heterocycles. The van der Waals surface area contributed by atoms with Crippen LogP contribution in [0.1, 0.15) is 81.4 Å². The minimum Gasteiger partial charge on any atom is -0.325 e. The van der Waals surface area contributed by atoms with Gasteiger partial charge >= 0.3 is 6.18 Å². The predicted octanol–water partition coefficient (Wildman–Crippen LogP) is 7.31. The highest BCUT2D eigenvalue weighted by atomic mass is 19.4. The van der Waals surface area contributed by atoms with Crippen LogP contribution >= 0.6 is 0 Å². The number of benzene rings is 2. The highest BCUT2D eigenvalue weighted by molar-refractivity contribution is 5.96. The molecule has 0 aromatic heterocycles. The molecular formula is C34H48F3N4O2+. The topological polar surface area (TPSA) is 61.4 Å². The summed E-state index contributed by atoms with van der Waals surface area (Å²) in [5.74, 6) is -0.0317. The Kier molecular flexibility index (Phi) is 11.3. The summed E-state index contributed by atoms with van der Waals surface area (Å²) in [4.78, 5) is 29.1. The number of rotatable bonds is 12. The van der Waals surface area contributed by atoms with E-state index in [9.17, 15) is 22.8 Å². The Bertz CT molecular complexity index is 1210. The fourth-order valence-electron chi connectivity index (χ4n) is 7.01. The van der Waals surface area contributed by atoms with Gasteiger partial charge in [-0.1, -0.05) is 38.0 Å². The molecule has 3 atom stereocenters. The number of quaternary nitrogens is 1. The molecule has 0 radical (unpaired) electrons. The number of piperidine rings is 1. The van der Waals surface area contributed by atoms with Crippen molar-refractivity contribution in [1.82, 2.24) is 4.90 Å². The average molecular weight is 602 g/mol. The smallest absolute Gasteiger partial charge is 0.325 e. The average Bonchev–Trinajstić information content (AvgIpc) is 3.40. The summed E-state index contributed by atoms with van der Waals surface area (Å²) in [6.45, 7) is 10.9. The number of carbonyl (C=O) groups is 2. The van der Waals surface area contributed by atoms with Gasteiger partial charge in [-0.2, -0.15) is 13.2 Å². The molecule has 2 aliphatic rings. The lowest BCUT2D eigenvalue weighted by atomic mass is 10.0. The Hall–Kier alpha value is -2.91. The number of alkyl halides is 3. The van der Waals surface area contributed by atoms with Gasteiger partial charge in [-0.3, -0.25) is 14.5 Å². The molecule has 4 rings (SSSR count). The van der Waals surface area contributed by atoms with E-state index >= 15 is 0 Å². The molecule has 3 unspecified atom stereocenters. The molecule has 2 amide bonds. The van der Waals surface area contributed by atoms with Gasteiger partial charge in [0.1, 0.15) is 0 Å². The van der Waals surface area contributed by atoms with E-state index in [0.717, 1.165) is 124 Å². The quantitative estimate of drug-likeness (QED) is 0.198. The number of unbranched alkanes of at least 4 members (excludes halogenated alkanes) is 2. The number of hydrogen-bond donors (Lipinski definition) is 2. The molecule has 2 N–H and O–H groups in total. The number of likely N-dealkylation sites (tertiary alicyclic amines) is 2. The van der Waals surface area contributed by atoms with Crippen molar-refractivity contribution >= 4 is 23.2 Å². The molecule has 0 bridgehead atoms. The second-order valence-corrected chi connectivity index (χ2v) is 12.5. The lowest BCUT2D eigenvalue weighted by Crippen LogP contribution is -2.57. The lowest BCUT2D eigenvalue weighted by molar-refractivity contribution is -0.931. The Morgan fingerprint density at radius 1 is 0.884 bits per heavy atom. The summed E-state index contributed by atoms with van der Waals surface area (Å²) < 4.78 is 39.6. The monoisotopic (exact) mass is 601 g/mol. The Balaban J connectivity index is 1.35. The number of para-hydroxylation sites is 1. The number of nitrogens with one attached hydrogen (secondary N) is 2. The van der Waals surface area contributed by atoms with Crippen molar-refractivity contribution in [3.8, 4) is 0 Å². The Morgan fingerprint density at radius 3 is 2.26 bits per heavy atom. The van der Waals surface area contributed by atoms with Crippen LogP contribution in [0.5, 0.6) is 0 Å². The number of amides is 2. The zero-order chi connectivity index (χ0) is 31.0. The minimum atomic E-state index is -4.40. The summed E-state index contributed by atoms with van der Waals surface area (Å²) in [7, 11) is 0. The standard InChI is InChI=1S/C34H47F3N4O2/c1-4-5-22-41(24-11-15-30(41)33(43)39-31-25(2)12-10-13-26(31)3)23-9-8-21-40-20-7-6-14-29(40)32(42)38-28-18-16-27(17-19-28)34(35,36)37/h10,12-13,16-19,29-30H,4-9,11,14-15,20-24H2,1-3H3,(H-,38,39,42,43)/p+1. The van der Waals surface area contributed by atoms with Crippen LogP contribution in [0.3, 0.4) is 0 Å². The van der Waals surface area contributed by atoms with E-state index in [2.05, 4.69) is 22.5 Å². The summed E-state index contributed by atoms with van der Waals surface area (Å²) in [5, 5.41) is 6.11. The number of aryl methyl sites for hydroxylation is 2. The van der Waals surface area contributed by atoms with Crippen molar-refractivity contribution in [1.29, 1.82) is 0 Å². The van der Waals surface area contributed by atoms with E-state index in [-0.39, 0.29) is 23.9 Å². The number of carbonyl (C=O) groups excluding carboxylic acids is 2. The van der Waals surface area contributed by atoms with Gasteiger partial charge < -0.3 is 15.1 Å². The third kappa shape index (κ3) is 8.38. The molecule has 2 fully saturated rings. The number of hydrogen-bond acceptors (Lipinski definition) is 3. The van der Waals surface area contributed by atoms with Crippen molar-refractivity contribution in [3.05, 3.63) is 59.2 Å².